The average Bonchev–Trinajstić information content (AvgIpc) is 2.60. The summed E-state index contributed by atoms with van der Waals surface area (Å²) in [6.45, 7) is 2.15. The van der Waals surface area contributed by atoms with Crippen molar-refractivity contribution < 1.29 is 9.59 Å². The van der Waals surface area contributed by atoms with Gasteiger partial charge in [0.15, 0.2) is 0 Å². The van der Waals surface area contributed by atoms with Crippen molar-refractivity contribution in [3.63, 3.8) is 0 Å². The molecule has 0 aliphatic heterocycles. The Morgan fingerprint density at radius 1 is 1.09 bits per heavy atom. The van der Waals surface area contributed by atoms with Crippen LogP contribution < -0.4 is 0 Å². The lowest BCUT2D eigenvalue weighted by atomic mass is 9.88. The van der Waals surface area contributed by atoms with Crippen LogP contribution in [0.4, 0.5) is 0 Å². The molecule has 1 aromatic rings. The third-order valence-electron chi connectivity index (χ3n) is 4.14. The van der Waals surface area contributed by atoms with Crippen molar-refractivity contribution in [2.75, 3.05) is 0 Å². The molecule has 0 atom stereocenters. The fourth-order valence-electron chi connectivity index (χ4n) is 2.77. The van der Waals surface area contributed by atoms with Gasteiger partial charge in [-0.25, -0.2) is 0 Å². The molecule has 2 rings (SSSR count). The van der Waals surface area contributed by atoms with E-state index in [0.717, 1.165) is 56.1 Å². The summed E-state index contributed by atoms with van der Waals surface area (Å²) in [5.41, 5.74) is 2.65. The van der Waals surface area contributed by atoms with Gasteiger partial charge in [-0.15, -0.1) is 0 Å². The number of allylic oxidation sites excluding steroid dienone is 2. The summed E-state index contributed by atoms with van der Waals surface area (Å²) in [5.74, 6) is 5.77. The maximum absolute atomic E-state index is 12.3. The maximum atomic E-state index is 12.3. The van der Waals surface area contributed by atoms with Gasteiger partial charge in [-0.1, -0.05) is 61.1 Å². The number of hydrogen-bond donors (Lipinski definition) is 0. The highest BCUT2D eigenvalue weighted by Crippen LogP contribution is 2.27. The van der Waals surface area contributed by atoms with Crippen LogP contribution in [0.1, 0.15) is 68.6 Å². The van der Waals surface area contributed by atoms with E-state index in [9.17, 15) is 9.59 Å². The number of carbonyl (C=O) groups is 2. The smallest absolute Gasteiger partial charge is 0.228 e. The molecule has 0 N–H and O–H groups in total. The summed E-state index contributed by atoms with van der Waals surface area (Å²) in [7, 11) is 0. The van der Waals surface area contributed by atoms with E-state index >= 15 is 0 Å². The van der Waals surface area contributed by atoms with Crippen LogP contribution in [-0.2, 0) is 4.79 Å². The van der Waals surface area contributed by atoms with Gasteiger partial charge in [-0.3, -0.25) is 9.59 Å². The molecule has 23 heavy (non-hydrogen) atoms. The quantitative estimate of drug-likeness (QED) is 0.324. The Morgan fingerprint density at radius 2 is 1.83 bits per heavy atom. The van der Waals surface area contributed by atoms with Gasteiger partial charge >= 0.3 is 0 Å². The largest absolute Gasteiger partial charge is 0.290 e. The molecule has 1 aliphatic carbocycles. The monoisotopic (exact) mass is 308 g/mol. The van der Waals surface area contributed by atoms with Crippen molar-refractivity contribution in [3.05, 3.63) is 47.0 Å². The summed E-state index contributed by atoms with van der Waals surface area (Å²) in [6, 6.07) is 8.80. The van der Waals surface area contributed by atoms with Gasteiger partial charge in [0.25, 0.3) is 0 Å². The molecule has 0 radical (unpaired) electrons. The van der Waals surface area contributed by atoms with E-state index in [1.807, 2.05) is 6.07 Å². The van der Waals surface area contributed by atoms with Crippen LogP contribution in [0.3, 0.4) is 0 Å². The zero-order chi connectivity index (χ0) is 16.5. The molecule has 120 valence electrons. The molecule has 0 saturated carbocycles. The second kappa shape index (κ2) is 9.10. The Kier molecular flexibility index (Phi) is 6.81. The van der Waals surface area contributed by atoms with Gasteiger partial charge in [0.05, 0.1) is 0 Å². The Morgan fingerprint density at radius 3 is 2.57 bits per heavy atom. The Hall–Kier alpha value is -2.14. The lowest BCUT2D eigenvalue weighted by molar-refractivity contribution is -0.114. The topological polar surface area (TPSA) is 34.1 Å². The average molecular weight is 308 g/mol. The summed E-state index contributed by atoms with van der Waals surface area (Å²) >= 11 is 0. The first-order valence-electron chi connectivity index (χ1n) is 8.54. The van der Waals surface area contributed by atoms with Gasteiger partial charge in [-0.05, 0) is 32.1 Å². The second-order valence-electron chi connectivity index (χ2n) is 5.99. The van der Waals surface area contributed by atoms with Crippen LogP contribution in [0, 0.1) is 11.8 Å². The molecule has 0 bridgehead atoms. The first-order valence-corrected chi connectivity index (χ1v) is 8.54. The fraction of sp³-hybridized carbons (Fsp3) is 0.429. The first-order chi connectivity index (χ1) is 11.2. The number of benzene rings is 1. The minimum absolute atomic E-state index is 0.228. The molecule has 0 spiro atoms. The highest BCUT2D eigenvalue weighted by molar-refractivity contribution is 6.44. The molecule has 0 aromatic heterocycles. The van der Waals surface area contributed by atoms with Gasteiger partial charge in [0.2, 0.25) is 11.6 Å². The molecular weight excluding hydrogens is 284 g/mol. The first kappa shape index (κ1) is 17.2. The molecular formula is C21H24O2. The van der Waals surface area contributed by atoms with Crippen LogP contribution in [0.5, 0.6) is 0 Å². The highest BCUT2D eigenvalue weighted by atomic mass is 16.2. The predicted molar refractivity (Wildman–Crippen MR) is 93.2 cm³/mol. The van der Waals surface area contributed by atoms with Crippen molar-refractivity contribution in [1.29, 1.82) is 0 Å². The standard InChI is InChI=1S/C21H24O2/c1-2-3-4-6-11-17-12-9-10-15-19(17)16-20(22)21(23)18-13-7-5-8-14-18/h5,7-8,13-14H,2-4,9-10,12,15-16H2,1H3. The van der Waals surface area contributed by atoms with Crippen LogP contribution in [0.2, 0.25) is 0 Å². The summed E-state index contributed by atoms with van der Waals surface area (Å²) in [6.07, 6.45) is 7.44. The van der Waals surface area contributed by atoms with E-state index in [1.54, 1.807) is 24.3 Å². The number of unbranched alkanes of at least 4 members (excludes halogenated alkanes) is 2. The molecule has 1 aliphatic rings. The van der Waals surface area contributed by atoms with Crippen molar-refractivity contribution in [1.82, 2.24) is 0 Å². The van der Waals surface area contributed by atoms with Crippen LogP contribution in [0.15, 0.2) is 41.5 Å². The van der Waals surface area contributed by atoms with E-state index in [4.69, 9.17) is 0 Å². The number of hydrogen-bond acceptors (Lipinski definition) is 2. The van der Waals surface area contributed by atoms with Gasteiger partial charge in [-0.2, -0.15) is 0 Å². The molecule has 0 unspecified atom stereocenters. The van der Waals surface area contributed by atoms with Crippen molar-refractivity contribution in [3.8, 4) is 11.8 Å². The van der Waals surface area contributed by atoms with E-state index in [1.165, 1.54) is 0 Å². The van der Waals surface area contributed by atoms with Gasteiger partial charge < -0.3 is 0 Å². The molecule has 2 nitrogen and oxygen atoms in total. The molecule has 1 aromatic carbocycles. The minimum Gasteiger partial charge on any atom is -0.290 e. The Bertz CT molecular complexity index is 641. The molecule has 2 heteroatoms. The van der Waals surface area contributed by atoms with Crippen molar-refractivity contribution in [2.45, 2.75) is 58.3 Å². The zero-order valence-corrected chi connectivity index (χ0v) is 13.9. The number of ketones is 2. The van der Waals surface area contributed by atoms with Gasteiger partial charge in [0, 0.05) is 24.0 Å². The second-order valence-corrected chi connectivity index (χ2v) is 5.99. The minimum atomic E-state index is -0.387. The number of carbonyl (C=O) groups excluding carboxylic acids is 2. The molecule has 0 amide bonds. The van der Waals surface area contributed by atoms with Gasteiger partial charge in [0.1, 0.15) is 0 Å². The predicted octanol–water partition coefficient (Wildman–Crippen LogP) is 4.89. The third kappa shape index (κ3) is 5.21. The van der Waals surface area contributed by atoms with E-state index in [-0.39, 0.29) is 18.0 Å². The zero-order valence-electron chi connectivity index (χ0n) is 13.9. The maximum Gasteiger partial charge on any atom is 0.228 e. The van der Waals surface area contributed by atoms with Crippen LogP contribution in [-0.4, -0.2) is 11.6 Å². The molecule has 0 saturated heterocycles. The fourth-order valence-corrected chi connectivity index (χ4v) is 2.77. The van der Waals surface area contributed by atoms with E-state index in [2.05, 4.69) is 18.8 Å². The Labute approximate surface area is 139 Å². The number of Topliss-reactive ketones (excluding diaryl/α,β-unsaturated/α-hetero) is 2. The number of rotatable bonds is 6. The van der Waals surface area contributed by atoms with Crippen LogP contribution in [0.25, 0.3) is 0 Å². The lowest BCUT2D eigenvalue weighted by Crippen LogP contribution is -2.16. The van der Waals surface area contributed by atoms with Crippen LogP contribution >= 0.6 is 0 Å². The molecule has 0 heterocycles. The summed E-state index contributed by atoms with van der Waals surface area (Å²) in [4.78, 5) is 24.5. The van der Waals surface area contributed by atoms with E-state index < -0.39 is 0 Å². The van der Waals surface area contributed by atoms with Crippen molar-refractivity contribution >= 4 is 11.6 Å². The van der Waals surface area contributed by atoms with Crippen molar-refractivity contribution in [2.24, 2.45) is 0 Å². The van der Waals surface area contributed by atoms with E-state index in [0.29, 0.717) is 5.56 Å². The Balaban J connectivity index is 2.08. The summed E-state index contributed by atoms with van der Waals surface area (Å²) in [5, 5.41) is 0. The normalized spacial score (nSPS) is 14.1. The third-order valence-corrected chi connectivity index (χ3v) is 4.14. The SMILES string of the molecule is CCCCC#CC1=C(CC(=O)C(=O)c2ccccc2)CCCC1. The highest BCUT2D eigenvalue weighted by Gasteiger charge is 2.20. The lowest BCUT2D eigenvalue weighted by Gasteiger charge is -2.16. The molecule has 0 fully saturated rings. The summed E-state index contributed by atoms with van der Waals surface area (Å²) < 4.78 is 0.